The molecule has 0 unspecified atom stereocenters. The SMILES string of the molecule is Cc1c(Cl)cccc1NC(=O)[C@@H]1CC(=O)Nc2nc(N3CCc4ccccc4C3)[nH]c(=O)c21. The van der Waals surface area contributed by atoms with Gasteiger partial charge in [-0.1, -0.05) is 41.9 Å². The molecular weight excluding hydrogens is 442 g/mol. The van der Waals surface area contributed by atoms with E-state index in [2.05, 4.69) is 32.7 Å². The minimum atomic E-state index is -0.959. The van der Waals surface area contributed by atoms with Gasteiger partial charge >= 0.3 is 0 Å². The summed E-state index contributed by atoms with van der Waals surface area (Å²) in [5.41, 5.74) is 3.41. The highest BCUT2D eigenvalue weighted by atomic mass is 35.5. The maximum absolute atomic E-state index is 13.1. The van der Waals surface area contributed by atoms with Crippen molar-refractivity contribution >= 4 is 40.9 Å². The first kappa shape index (κ1) is 21.2. The number of anilines is 3. The summed E-state index contributed by atoms with van der Waals surface area (Å²) in [5.74, 6) is -1.27. The van der Waals surface area contributed by atoms with Gasteiger partial charge in [-0.3, -0.25) is 19.4 Å². The van der Waals surface area contributed by atoms with Crippen LogP contribution in [0.3, 0.4) is 0 Å². The predicted molar refractivity (Wildman–Crippen MR) is 127 cm³/mol. The zero-order valence-electron chi connectivity index (χ0n) is 17.9. The lowest BCUT2D eigenvalue weighted by Gasteiger charge is -2.30. The van der Waals surface area contributed by atoms with Crippen LogP contribution in [0.5, 0.6) is 0 Å². The molecule has 2 aliphatic rings. The Labute approximate surface area is 195 Å². The summed E-state index contributed by atoms with van der Waals surface area (Å²) in [6, 6.07) is 13.3. The Hall–Kier alpha value is -3.65. The van der Waals surface area contributed by atoms with E-state index in [1.54, 1.807) is 25.1 Å². The average Bonchev–Trinajstić information content (AvgIpc) is 2.80. The maximum atomic E-state index is 13.1. The Morgan fingerprint density at radius 1 is 1.15 bits per heavy atom. The second kappa shape index (κ2) is 8.37. The van der Waals surface area contributed by atoms with E-state index < -0.39 is 17.4 Å². The normalized spacial score (nSPS) is 17.1. The third-order valence-electron chi connectivity index (χ3n) is 6.21. The number of aromatic nitrogens is 2. The van der Waals surface area contributed by atoms with Crippen molar-refractivity contribution in [2.24, 2.45) is 0 Å². The van der Waals surface area contributed by atoms with E-state index in [0.717, 1.165) is 6.42 Å². The maximum Gasteiger partial charge on any atom is 0.258 e. The van der Waals surface area contributed by atoms with E-state index in [1.165, 1.54) is 11.1 Å². The third kappa shape index (κ3) is 3.98. The number of rotatable bonds is 3. The van der Waals surface area contributed by atoms with Gasteiger partial charge in [0, 0.05) is 30.2 Å². The van der Waals surface area contributed by atoms with Crippen LogP contribution in [0.25, 0.3) is 0 Å². The summed E-state index contributed by atoms with van der Waals surface area (Å²) < 4.78 is 0. The average molecular weight is 464 g/mol. The van der Waals surface area contributed by atoms with Crippen molar-refractivity contribution in [2.75, 3.05) is 22.1 Å². The van der Waals surface area contributed by atoms with Crippen LogP contribution in [-0.4, -0.2) is 28.3 Å². The summed E-state index contributed by atoms with van der Waals surface area (Å²) >= 11 is 6.15. The molecule has 0 fully saturated rings. The lowest BCUT2D eigenvalue weighted by molar-refractivity contribution is -0.123. The molecule has 3 aromatic rings. The molecule has 0 radical (unpaired) electrons. The van der Waals surface area contributed by atoms with Crippen molar-refractivity contribution in [1.82, 2.24) is 9.97 Å². The number of benzene rings is 2. The van der Waals surface area contributed by atoms with Crippen molar-refractivity contribution in [3.63, 3.8) is 0 Å². The molecule has 0 saturated heterocycles. The number of H-pyrrole nitrogens is 1. The molecule has 3 heterocycles. The quantitative estimate of drug-likeness (QED) is 0.552. The van der Waals surface area contributed by atoms with Crippen molar-refractivity contribution < 1.29 is 9.59 Å². The number of halogens is 1. The molecule has 168 valence electrons. The number of fused-ring (bicyclic) bond motifs is 2. The fraction of sp³-hybridized carbons (Fsp3) is 0.250. The van der Waals surface area contributed by atoms with Crippen LogP contribution < -0.4 is 21.1 Å². The molecule has 8 nitrogen and oxygen atoms in total. The Bertz CT molecular complexity index is 1340. The predicted octanol–water partition coefficient (Wildman–Crippen LogP) is 3.36. The van der Waals surface area contributed by atoms with Crippen LogP contribution in [-0.2, 0) is 22.6 Å². The van der Waals surface area contributed by atoms with Crippen molar-refractivity contribution in [1.29, 1.82) is 0 Å². The van der Waals surface area contributed by atoms with Crippen molar-refractivity contribution in [3.05, 3.63) is 80.1 Å². The number of amides is 2. The number of hydrogen-bond donors (Lipinski definition) is 3. The molecule has 9 heteroatoms. The first-order valence-electron chi connectivity index (χ1n) is 10.7. The standard InChI is InChI=1S/C24H22ClN5O3/c1-13-17(25)7-4-8-18(13)26-22(32)16-11-19(31)27-21-20(16)23(33)29-24(28-21)30-10-9-14-5-2-3-6-15(14)12-30/h2-8,16H,9-12H2,1H3,(H,26,32)(H2,27,28,29,31,33)/t16-/m1/s1. The number of nitrogens with one attached hydrogen (secondary N) is 3. The molecule has 1 aromatic heterocycles. The summed E-state index contributed by atoms with van der Waals surface area (Å²) in [7, 11) is 0. The highest BCUT2D eigenvalue weighted by Gasteiger charge is 2.35. The van der Waals surface area contributed by atoms with Crippen LogP contribution in [0.4, 0.5) is 17.5 Å². The second-order valence-corrected chi connectivity index (χ2v) is 8.71. The van der Waals surface area contributed by atoms with Gasteiger partial charge in [0.1, 0.15) is 5.82 Å². The molecular formula is C24H22ClN5O3. The number of nitrogens with zero attached hydrogens (tertiary/aromatic N) is 2. The van der Waals surface area contributed by atoms with E-state index in [1.807, 2.05) is 17.0 Å². The topological polar surface area (TPSA) is 107 Å². The molecule has 0 bridgehead atoms. The van der Waals surface area contributed by atoms with E-state index >= 15 is 0 Å². The monoisotopic (exact) mass is 463 g/mol. The molecule has 0 saturated carbocycles. The van der Waals surface area contributed by atoms with Gasteiger partial charge in [-0.25, -0.2) is 0 Å². The summed E-state index contributed by atoms with van der Waals surface area (Å²) in [5, 5.41) is 5.99. The number of carbonyl (C=O) groups is 2. The highest BCUT2D eigenvalue weighted by molar-refractivity contribution is 6.31. The van der Waals surface area contributed by atoms with Gasteiger partial charge in [-0.2, -0.15) is 4.98 Å². The fourth-order valence-electron chi connectivity index (χ4n) is 4.37. The molecule has 2 aliphatic heterocycles. The molecule has 2 aromatic carbocycles. The number of hydrogen-bond acceptors (Lipinski definition) is 5. The van der Waals surface area contributed by atoms with E-state index in [4.69, 9.17) is 11.6 Å². The van der Waals surface area contributed by atoms with Gasteiger partial charge in [-0.05, 0) is 42.2 Å². The van der Waals surface area contributed by atoms with Crippen molar-refractivity contribution in [3.8, 4) is 0 Å². The molecule has 33 heavy (non-hydrogen) atoms. The zero-order chi connectivity index (χ0) is 23.1. The van der Waals surface area contributed by atoms with E-state index in [0.29, 0.717) is 35.3 Å². The molecule has 2 amide bonds. The lowest BCUT2D eigenvalue weighted by atomic mass is 9.92. The Morgan fingerprint density at radius 3 is 2.76 bits per heavy atom. The third-order valence-corrected chi connectivity index (χ3v) is 6.62. The summed E-state index contributed by atoms with van der Waals surface area (Å²) in [4.78, 5) is 47.9. The van der Waals surface area contributed by atoms with Gasteiger partial charge in [0.05, 0.1) is 11.5 Å². The summed E-state index contributed by atoms with van der Waals surface area (Å²) in [6.07, 6.45) is 0.687. The van der Waals surface area contributed by atoms with Crippen LogP contribution in [0.15, 0.2) is 47.3 Å². The van der Waals surface area contributed by atoms with E-state index in [9.17, 15) is 14.4 Å². The smallest absolute Gasteiger partial charge is 0.258 e. The Morgan fingerprint density at radius 2 is 1.94 bits per heavy atom. The van der Waals surface area contributed by atoms with Crippen LogP contribution in [0, 0.1) is 6.92 Å². The van der Waals surface area contributed by atoms with Gasteiger partial charge in [0.25, 0.3) is 5.56 Å². The number of carbonyl (C=O) groups excluding carboxylic acids is 2. The molecule has 0 spiro atoms. The van der Waals surface area contributed by atoms with Crippen LogP contribution in [0.1, 0.15) is 34.6 Å². The zero-order valence-corrected chi connectivity index (χ0v) is 18.7. The van der Waals surface area contributed by atoms with Gasteiger partial charge < -0.3 is 15.5 Å². The fourth-order valence-corrected chi connectivity index (χ4v) is 4.55. The van der Waals surface area contributed by atoms with Gasteiger partial charge in [0.15, 0.2) is 0 Å². The Kier molecular flexibility index (Phi) is 5.38. The lowest BCUT2D eigenvalue weighted by Crippen LogP contribution is -2.39. The minimum absolute atomic E-state index is 0.131. The molecule has 5 rings (SSSR count). The molecule has 3 N–H and O–H groups in total. The van der Waals surface area contributed by atoms with E-state index in [-0.39, 0.29) is 23.7 Å². The van der Waals surface area contributed by atoms with Gasteiger partial charge in [0.2, 0.25) is 17.8 Å². The van der Waals surface area contributed by atoms with Crippen LogP contribution >= 0.6 is 11.6 Å². The highest BCUT2D eigenvalue weighted by Crippen LogP contribution is 2.32. The Balaban J connectivity index is 1.46. The molecule has 1 atom stereocenters. The minimum Gasteiger partial charge on any atom is -0.338 e. The summed E-state index contributed by atoms with van der Waals surface area (Å²) in [6.45, 7) is 3.07. The first-order valence-corrected chi connectivity index (χ1v) is 11.1. The second-order valence-electron chi connectivity index (χ2n) is 8.30. The first-order chi connectivity index (χ1) is 15.9. The van der Waals surface area contributed by atoms with Crippen LogP contribution in [0.2, 0.25) is 5.02 Å². The van der Waals surface area contributed by atoms with Crippen molar-refractivity contribution in [2.45, 2.75) is 32.2 Å². The molecule has 0 aliphatic carbocycles. The van der Waals surface area contributed by atoms with Gasteiger partial charge in [-0.15, -0.1) is 0 Å². The number of aromatic amines is 1. The largest absolute Gasteiger partial charge is 0.338 e.